The predicted molar refractivity (Wildman–Crippen MR) is 61.8 cm³/mol. The molecule has 0 saturated carbocycles. The lowest BCUT2D eigenvalue weighted by Crippen LogP contribution is -2.36. The summed E-state index contributed by atoms with van der Waals surface area (Å²) in [4.78, 5) is 2.54. The van der Waals surface area contributed by atoms with Crippen LogP contribution in [0.15, 0.2) is 0 Å². The van der Waals surface area contributed by atoms with Crippen molar-refractivity contribution in [3.05, 3.63) is 0 Å². The standard InChI is InChI=1S/C12H24N2O/c1-10-5-14(6-11(10)7-15)9-12(2)3-4-13-8-12/h10-11,13,15H,3-9H2,1-2H3/t10-,11+,12?/m1/s1. The van der Waals surface area contributed by atoms with Crippen LogP contribution in [0.1, 0.15) is 20.3 Å². The van der Waals surface area contributed by atoms with Crippen molar-refractivity contribution in [2.45, 2.75) is 20.3 Å². The Balaban J connectivity index is 1.86. The maximum absolute atomic E-state index is 9.24. The van der Waals surface area contributed by atoms with E-state index in [0.29, 0.717) is 23.9 Å². The Labute approximate surface area is 92.8 Å². The monoisotopic (exact) mass is 212 g/mol. The molecule has 3 heteroatoms. The van der Waals surface area contributed by atoms with Crippen molar-refractivity contribution in [1.29, 1.82) is 0 Å². The predicted octanol–water partition coefficient (Wildman–Crippen LogP) is 0.546. The molecule has 0 amide bonds. The van der Waals surface area contributed by atoms with Crippen LogP contribution in [0.2, 0.25) is 0 Å². The Morgan fingerprint density at radius 3 is 2.80 bits per heavy atom. The average Bonchev–Trinajstić information content (AvgIpc) is 2.73. The van der Waals surface area contributed by atoms with Gasteiger partial charge in [-0.1, -0.05) is 13.8 Å². The van der Waals surface area contributed by atoms with E-state index in [-0.39, 0.29) is 0 Å². The molecule has 2 heterocycles. The molecule has 2 aliphatic rings. The number of nitrogens with one attached hydrogen (secondary N) is 1. The Kier molecular flexibility index (Phi) is 3.33. The molecule has 15 heavy (non-hydrogen) atoms. The summed E-state index contributed by atoms with van der Waals surface area (Å²) < 4.78 is 0. The molecule has 0 radical (unpaired) electrons. The second kappa shape index (κ2) is 4.40. The summed E-state index contributed by atoms with van der Waals surface area (Å²) in [6.45, 7) is 10.8. The fraction of sp³-hybridized carbons (Fsp3) is 1.00. The quantitative estimate of drug-likeness (QED) is 0.717. The van der Waals surface area contributed by atoms with Gasteiger partial charge in [0.15, 0.2) is 0 Å². The zero-order chi connectivity index (χ0) is 10.9. The molecular weight excluding hydrogens is 188 g/mol. The van der Waals surface area contributed by atoms with Gasteiger partial charge in [0.25, 0.3) is 0 Å². The SMILES string of the molecule is C[C@@H]1CN(CC2(C)CCNC2)C[C@H]1CO. The van der Waals surface area contributed by atoms with Gasteiger partial charge in [-0.05, 0) is 30.2 Å². The highest BCUT2D eigenvalue weighted by Gasteiger charge is 2.35. The fourth-order valence-corrected chi connectivity index (χ4v) is 3.05. The van der Waals surface area contributed by atoms with Gasteiger partial charge < -0.3 is 15.3 Å². The van der Waals surface area contributed by atoms with E-state index in [4.69, 9.17) is 0 Å². The van der Waals surface area contributed by atoms with E-state index in [2.05, 4.69) is 24.1 Å². The Hall–Kier alpha value is -0.120. The van der Waals surface area contributed by atoms with E-state index in [1.165, 1.54) is 26.1 Å². The molecule has 0 aromatic rings. The number of aliphatic hydroxyl groups excluding tert-OH is 1. The molecule has 0 aliphatic carbocycles. The first-order valence-corrected chi connectivity index (χ1v) is 6.17. The maximum atomic E-state index is 9.24. The lowest BCUT2D eigenvalue weighted by atomic mass is 9.89. The molecule has 2 aliphatic heterocycles. The number of aliphatic hydroxyl groups is 1. The summed E-state index contributed by atoms with van der Waals surface area (Å²) in [5.74, 6) is 1.16. The van der Waals surface area contributed by atoms with Gasteiger partial charge in [-0.2, -0.15) is 0 Å². The van der Waals surface area contributed by atoms with Crippen molar-refractivity contribution >= 4 is 0 Å². The van der Waals surface area contributed by atoms with Crippen LogP contribution in [-0.4, -0.2) is 49.3 Å². The minimum absolute atomic E-state index is 0.354. The third-order valence-corrected chi connectivity index (χ3v) is 4.14. The van der Waals surface area contributed by atoms with Crippen LogP contribution in [0.25, 0.3) is 0 Å². The molecule has 3 nitrogen and oxygen atoms in total. The number of likely N-dealkylation sites (tertiary alicyclic amines) is 1. The Morgan fingerprint density at radius 1 is 1.47 bits per heavy atom. The minimum atomic E-state index is 0.354. The topological polar surface area (TPSA) is 35.5 Å². The van der Waals surface area contributed by atoms with E-state index in [1.807, 2.05) is 0 Å². The van der Waals surface area contributed by atoms with Crippen LogP contribution >= 0.6 is 0 Å². The maximum Gasteiger partial charge on any atom is 0.0474 e. The molecule has 3 atom stereocenters. The van der Waals surface area contributed by atoms with Gasteiger partial charge in [0, 0.05) is 32.8 Å². The first-order chi connectivity index (χ1) is 7.13. The first-order valence-electron chi connectivity index (χ1n) is 6.17. The molecule has 0 bridgehead atoms. The van der Waals surface area contributed by atoms with Crippen LogP contribution in [-0.2, 0) is 0 Å². The van der Waals surface area contributed by atoms with Crippen molar-refractivity contribution in [2.24, 2.45) is 17.3 Å². The van der Waals surface area contributed by atoms with E-state index >= 15 is 0 Å². The van der Waals surface area contributed by atoms with Crippen molar-refractivity contribution < 1.29 is 5.11 Å². The van der Waals surface area contributed by atoms with Crippen LogP contribution < -0.4 is 5.32 Å². The van der Waals surface area contributed by atoms with E-state index in [0.717, 1.165) is 13.1 Å². The first kappa shape index (κ1) is 11.4. The van der Waals surface area contributed by atoms with Gasteiger partial charge in [-0.3, -0.25) is 0 Å². The van der Waals surface area contributed by atoms with Crippen LogP contribution in [0, 0.1) is 17.3 Å². The van der Waals surface area contributed by atoms with Gasteiger partial charge in [0.2, 0.25) is 0 Å². The van der Waals surface area contributed by atoms with E-state index in [9.17, 15) is 5.11 Å². The third kappa shape index (κ3) is 2.52. The Bertz CT molecular complexity index is 214. The molecule has 1 unspecified atom stereocenters. The van der Waals surface area contributed by atoms with Crippen molar-refractivity contribution in [2.75, 3.05) is 39.3 Å². The highest BCUT2D eigenvalue weighted by atomic mass is 16.3. The van der Waals surface area contributed by atoms with Gasteiger partial charge >= 0.3 is 0 Å². The van der Waals surface area contributed by atoms with Gasteiger partial charge in [-0.25, -0.2) is 0 Å². The smallest absolute Gasteiger partial charge is 0.0474 e. The lowest BCUT2D eigenvalue weighted by molar-refractivity contribution is 0.183. The number of hydrogen-bond acceptors (Lipinski definition) is 3. The summed E-state index contributed by atoms with van der Waals surface area (Å²) in [7, 11) is 0. The van der Waals surface area contributed by atoms with Crippen molar-refractivity contribution in [3.63, 3.8) is 0 Å². The zero-order valence-corrected chi connectivity index (χ0v) is 10.00. The molecule has 2 N–H and O–H groups in total. The lowest BCUT2D eigenvalue weighted by Gasteiger charge is -2.29. The molecule has 88 valence electrons. The molecule has 2 fully saturated rings. The molecule has 2 rings (SSSR count). The largest absolute Gasteiger partial charge is 0.396 e. The van der Waals surface area contributed by atoms with Gasteiger partial charge in [-0.15, -0.1) is 0 Å². The summed E-state index contributed by atoms with van der Waals surface area (Å²) in [5, 5.41) is 12.7. The summed E-state index contributed by atoms with van der Waals surface area (Å²) in [6, 6.07) is 0. The summed E-state index contributed by atoms with van der Waals surface area (Å²) in [6.07, 6.45) is 1.29. The fourth-order valence-electron chi connectivity index (χ4n) is 3.05. The summed E-state index contributed by atoms with van der Waals surface area (Å²) >= 11 is 0. The van der Waals surface area contributed by atoms with E-state index in [1.54, 1.807) is 0 Å². The normalized spacial score (nSPS) is 42.6. The molecular formula is C12H24N2O. The minimum Gasteiger partial charge on any atom is -0.396 e. The van der Waals surface area contributed by atoms with E-state index < -0.39 is 0 Å². The van der Waals surface area contributed by atoms with Crippen molar-refractivity contribution in [3.8, 4) is 0 Å². The zero-order valence-electron chi connectivity index (χ0n) is 10.00. The molecule has 0 aromatic carbocycles. The second-order valence-electron chi connectivity index (χ2n) is 5.85. The van der Waals surface area contributed by atoms with Crippen LogP contribution in [0.4, 0.5) is 0 Å². The molecule has 2 saturated heterocycles. The average molecular weight is 212 g/mol. The van der Waals surface area contributed by atoms with Crippen LogP contribution in [0.3, 0.4) is 0 Å². The molecule has 0 spiro atoms. The second-order valence-corrected chi connectivity index (χ2v) is 5.85. The summed E-state index contributed by atoms with van der Waals surface area (Å²) in [5.41, 5.74) is 0.462. The number of nitrogens with zero attached hydrogens (tertiary/aromatic N) is 1. The van der Waals surface area contributed by atoms with Gasteiger partial charge in [0.05, 0.1) is 0 Å². The number of hydrogen-bond donors (Lipinski definition) is 2. The Morgan fingerprint density at radius 2 is 2.27 bits per heavy atom. The third-order valence-electron chi connectivity index (χ3n) is 4.14. The highest BCUT2D eigenvalue weighted by molar-refractivity contribution is 4.90. The van der Waals surface area contributed by atoms with Crippen molar-refractivity contribution in [1.82, 2.24) is 10.2 Å². The number of rotatable bonds is 3. The molecule has 0 aromatic heterocycles. The highest BCUT2D eigenvalue weighted by Crippen LogP contribution is 2.30. The van der Waals surface area contributed by atoms with Gasteiger partial charge in [0.1, 0.15) is 0 Å². The van der Waals surface area contributed by atoms with Crippen LogP contribution in [0.5, 0.6) is 0 Å².